The average molecular weight is 390 g/mol. The average Bonchev–Trinajstić information content (AvgIpc) is 2.53. The summed E-state index contributed by atoms with van der Waals surface area (Å²) in [7, 11) is -3.91. The van der Waals surface area contributed by atoms with Crippen molar-refractivity contribution in [1.82, 2.24) is 5.32 Å². The number of hydrogen-bond acceptors (Lipinski definition) is 4. The lowest BCUT2D eigenvalue weighted by Crippen LogP contribution is -2.49. The van der Waals surface area contributed by atoms with Gasteiger partial charge < -0.3 is 10.4 Å². The number of sulfonamides is 1. The van der Waals surface area contributed by atoms with Crippen molar-refractivity contribution in [3.8, 4) is 0 Å². The van der Waals surface area contributed by atoms with Gasteiger partial charge in [-0.15, -0.1) is 0 Å². The number of carboxylic acid groups (broad SMARTS) is 1. The van der Waals surface area contributed by atoms with Crippen LogP contribution in [0, 0.1) is 13.8 Å². The van der Waals surface area contributed by atoms with Crippen LogP contribution in [0.15, 0.2) is 47.4 Å². The van der Waals surface area contributed by atoms with Gasteiger partial charge in [0.2, 0.25) is 0 Å². The number of nitrogens with one attached hydrogen (secondary N) is 2. The topological polar surface area (TPSA) is 113 Å². The van der Waals surface area contributed by atoms with Crippen LogP contribution in [0.25, 0.3) is 0 Å². The molecule has 0 saturated carbocycles. The molecule has 7 nitrogen and oxygen atoms in total. The Morgan fingerprint density at radius 3 is 2.30 bits per heavy atom. The molecule has 0 unspecified atom stereocenters. The van der Waals surface area contributed by atoms with Crippen LogP contribution in [-0.4, -0.2) is 30.9 Å². The molecule has 0 fully saturated rings. The van der Waals surface area contributed by atoms with E-state index in [1.54, 1.807) is 25.1 Å². The van der Waals surface area contributed by atoms with Crippen molar-refractivity contribution in [2.24, 2.45) is 0 Å². The van der Waals surface area contributed by atoms with Crippen molar-refractivity contribution in [2.75, 3.05) is 4.72 Å². The molecule has 0 aliphatic rings. The maximum atomic E-state index is 12.7. The van der Waals surface area contributed by atoms with E-state index in [0.717, 1.165) is 5.56 Å². The van der Waals surface area contributed by atoms with E-state index in [-0.39, 0.29) is 10.5 Å². The molecule has 2 rings (SSSR count). The van der Waals surface area contributed by atoms with E-state index in [0.29, 0.717) is 11.3 Å². The van der Waals surface area contributed by atoms with Gasteiger partial charge in [-0.1, -0.05) is 18.2 Å². The lowest BCUT2D eigenvalue weighted by Gasteiger charge is -2.21. The molecule has 27 heavy (non-hydrogen) atoms. The van der Waals surface area contributed by atoms with Gasteiger partial charge in [0.1, 0.15) is 5.54 Å². The molecule has 0 aliphatic heterocycles. The van der Waals surface area contributed by atoms with Gasteiger partial charge in [-0.05, 0) is 63.1 Å². The number of carbonyl (C=O) groups is 2. The predicted molar refractivity (Wildman–Crippen MR) is 102 cm³/mol. The Labute approximate surface area is 158 Å². The second-order valence-corrected chi connectivity index (χ2v) is 8.52. The molecule has 0 bridgehead atoms. The van der Waals surface area contributed by atoms with Gasteiger partial charge in [0.25, 0.3) is 15.9 Å². The molecular formula is C19H22N2O5S. The van der Waals surface area contributed by atoms with Gasteiger partial charge in [0, 0.05) is 11.3 Å². The minimum Gasteiger partial charge on any atom is -0.480 e. The molecule has 2 aromatic rings. The normalized spacial score (nSPS) is 11.7. The van der Waals surface area contributed by atoms with Crippen LogP contribution in [0.5, 0.6) is 0 Å². The van der Waals surface area contributed by atoms with Crippen LogP contribution >= 0.6 is 0 Å². The van der Waals surface area contributed by atoms with Crippen LogP contribution in [0.3, 0.4) is 0 Å². The summed E-state index contributed by atoms with van der Waals surface area (Å²) in [6.45, 7) is 6.19. The number of anilines is 1. The van der Waals surface area contributed by atoms with Crippen LogP contribution in [0.1, 0.15) is 35.3 Å². The zero-order valence-corrected chi connectivity index (χ0v) is 16.3. The van der Waals surface area contributed by atoms with Gasteiger partial charge in [0.05, 0.1) is 4.90 Å². The molecule has 3 N–H and O–H groups in total. The summed E-state index contributed by atoms with van der Waals surface area (Å²) < 4.78 is 27.8. The van der Waals surface area contributed by atoms with E-state index in [2.05, 4.69) is 10.0 Å². The number of amides is 1. The van der Waals surface area contributed by atoms with E-state index in [4.69, 9.17) is 5.11 Å². The number of benzene rings is 2. The first kappa shape index (κ1) is 20.4. The molecule has 144 valence electrons. The number of aliphatic carboxylic acids is 1. The fraction of sp³-hybridized carbons (Fsp3) is 0.263. The summed E-state index contributed by atoms with van der Waals surface area (Å²) >= 11 is 0. The second kappa shape index (κ2) is 7.40. The zero-order valence-electron chi connectivity index (χ0n) is 15.5. The third kappa shape index (κ3) is 4.85. The fourth-order valence-corrected chi connectivity index (χ4v) is 3.42. The number of carboxylic acids is 1. The summed E-state index contributed by atoms with van der Waals surface area (Å²) in [6, 6.07) is 11.0. The Kier molecular flexibility index (Phi) is 5.60. The number of carbonyl (C=O) groups excluding carboxylic acids is 1. The molecule has 0 aromatic heterocycles. The molecule has 8 heteroatoms. The summed E-state index contributed by atoms with van der Waals surface area (Å²) in [5, 5.41) is 11.6. The Hall–Kier alpha value is -2.87. The Balaban J connectivity index is 2.35. The standard InChI is InChI=1S/C19H22N2O5S/c1-12-6-5-7-14(10-12)21-27(25,26)15-9-8-13(2)16(11-15)17(22)20-19(3,4)18(23)24/h5-11,21H,1-4H3,(H,20,22)(H,23,24). The van der Waals surface area contributed by atoms with Crippen molar-refractivity contribution in [3.63, 3.8) is 0 Å². The molecule has 0 saturated heterocycles. The Bertz CT molecular complexity index is 997. The monoisotopic (exact) mass is 390 g/mol. The lowest BCUT2D eigenvalue weighted by atomic mass is 10.0. The SMILES string of the molecule is Cc1cccc(NS(=O)(=O)c2ccc(C)c(C(=O)NC(C)(C)C(=O)O)c2)c1. The first-order valence-electron chi connectivity index (χ1n) is 8.18. The Morgan fingerprint density at radius 1 is 1.04 bits per heavy atom. The molecule has 2 aromatic carbocycles. The van der Waals surface area contributed by atoms with Gasteiger partial charge >= 0.3 is 5.97 Å². The van der Waals surface area contributed by atoms with Crippen LogP contribution in [0.2, 0.25) is 0 Å². The summed E-state index contributed by atoms with van der Waals surface area (Å²) in [4.78, 5) is 23.6. The van der Waals surface area contributed by atoms with Crippen molar-refractivity contribution in [1.29, 1.82) is 0 Å². The smallest absolute Gasteiger partial charge is 0.328 e. The first-order chi connectivity index (χ1) is 12.4. The fourth-order valence-electron chi connectivity index (χ4n) is 2.34. The highest BCUT2D eigenvalue weighted by Gasteiger charge is 2.30. The highest BCUT2D eigenvalue weighted by atomic mass is 32.2. The maximum absolute atomic E-state index is 12.7. The van der Waals surface area contributed by atoms with Crippen molar-refractivity contribution >= 4 is 27.6 Å². The minimum atomic E-state index is -3.91. The number of aryl methyl sites for hydroxylation is 2. The van der Waals surface area contributed by atoms with Gasteiger partial charge in [0.15, 0.2) is 0 Å². The highest BCUT2D eigenvalue weighted by Crippen LogP contribution is 2.20. The Morgan fingerprint density at radius 2 is 1.70 bits per heavy atom. The third-order valence-electron chi connectivity index (χ3n) is 3.99. The van der Waals surface area contributed by atoms with Crippen LogP contribution in [-0.2, 0) is 14.8 Å². The van der Waals surface area contributed by atoms with Gasteiger partial charge in [-0.3, -0.25) is 9.52 Å². The van der Waals surface area contributed by atoms with Gasteiger partial charge in [-0.25, -0.2) is 13.2 Å². The maximum Gasteiger partial charge on any atom is 0.328 e. The molecule has 0 radical (unpaired) electrons. The molecule has 0 spiro atoms. The summed E-state index contributed by atoms with van der Waals surface area (Å²) in [5.41, 5.74) is 0.446. The van der Waals surface area contributed by atoms with Gasteiger partial charge in [-0.2, -0.15) is 0 Å². The van der Waals surface area contributed by atoms with Crippen LogP contribution in [0.4, 0.5) is 5.69 Å². The second-order valence-electron chi connectivity index (χ2n) is 6.84. The molecule has 0 heterocycles. The molecular weight excluding hydrogens is 368 g/mol. The summed E-state index contributed by atoms with van der Waals surface area (Å²) in [5.74, 6) is -1.86. The third-order valence-corrected chi connectivity index (χ3v) is 5.37. The quantitative estimate of drug-likeness (QED) is 0.702. The molecule has 0 atom stereocenters. The number of hydrogen-bond donors (Lipinski definition) is 3. The first-order valence-corrected chi connectivity index (χ1v) is 9.67. The molecule has 1 amide bonds. The summed E-state index contributed by atoms with van der Waals surface area (Å²) in [6.07, 6.45) is 0. The van der Waals surface area contributed by atoms with E-state index in [1.807, 2.05) is 13.0 Å². The largest absolute Gasteiger partial charge is 0.480 e. The number of rotatable bonds is 6. The van der Waals surface area contributed by atoms with Crippen molar-refractivity contribution < 1.29 is 23.1 Å². The van der Waals surface area contributed by atoms with Crippen LogP contribution < -0.4 is 10.0 Å². The van der Waals surface area contributed by atoms with E-state index < -0.39 is 27.4 Å². The lowest BCUT2D eigenvalue weighted by molar-refractivity contribution is -0.143. The van der Waals surface area contributed by atoms with E-state index in [1.165, 1.54) is 32.0 Å². The molecule has 0 aliphatic carbocycles. The minimum absolute atomic E-state index is 0.0899. The highest BCUT2D eigenvalue weighted by molar-refractivity contribution is 7.92. The predicted octanol–water partition coefficient (Wildman–Crippen LogP) is 2.70. The van der Waals surface area contributed by atoms with E-state index >= 15 is 0 Å². The zero-order chi connectivity index (χ0) is 20.4. The van der Waals surface area contributed by atoms with E-state index in [9.17, 15) is 18.0 Å². The van der Waals surface area contributed by atoms with Crippen molar-refractivity contribution in [2.45, 2.75) is 38.1 Å². The van der Waals surface area contributed by atoms with Crippen molar-refractivity contribution in [3.05, 3.63) is 59.2 Å².